The first-order chi connectivity index (χ1) is 10.1. The molecule has 21 heavy (non-hydrogen) atoms. The van der Waals surface area contributed by atoms with E-state index in [0.717, 1.165) is 38.5 Å². The smallest absolute Gasteiger partial charge is 0.255 e. The summed E-state index contributed by atoms with van der Waals surface area (Å²) in [7, 11) is 0. The average Bonchev–Trinajstić information content (AvgIpc) is 3.29. The molecule has 0 N–H and O–H groups in total. The van der Waals surface area contributed by atoms with Crippen LogP contribution < -0.4 is 0 Å². The Bertz CT molecular complexity index is 531. The Morgan fingerprint density at radius 3 is 2.71 bits per heavy atom. The third kappa shape index (κ3) is 3.91. The second kappa shape index (κ2) is 6.55. The van der Waals surface area contributed by atoms with Crippen LogP contribution in [0.25, 0.3) is 0 Å². The van der Waals surface area contributed by atoms with Crippen LogP contribution in [0.1, 0.15) is 29.6 Å². The van der Waals surface area contributed by atoms with Gasteiger partial charge < -0.3 is 9.80 Å². The van der Waals surface area contributed by atoms with Gasteiger partial charge in [-0.15, -0.1) is 0 Å². The number of carbonyl (C=O) groups is 1. The van der Waals surface area contributed by atoms with Crippen molar-refractivity contribution >= 4 is 29.1 Å². The second-order valence-electron chi connectivity index (χ2n) is 6.01. The highest BCUT2D eigenvalue weighted by molar-refractivity contribution is 6.35. The van der Waals surface area contributed by atoms with Crippen molar-refractivity contribution in [2.75, 3.05) is 32.7 Å². The second-order valence-corrected chi connectivity index (χ2v) is 6.86. The summed E-state index contributed by atoms with van der Waals surface area (Å²) in [6, 6.07) is 5.06. The van der Waals surface area contributed by atoms with Crippen LogP contribution in [0, 0.1) is 5.92 Å². The van der Waals surface area contributed by atoms with Gasteiger partial charge in [-0.2, -0.15) is 0 Å². The van der Waals surface area contributed by atoms with Crippen LogP contribution in [-0.4, -0.2) is 48.4 Å². The Morgan fingerprint density at radius 2 is 1.95 bits per heavy atom. The number of amides is 1. The monoisotopic (exact) mass is 326 g/mol. The lowest BCUT2D eigenvalue weighted by Crippen LogP contribution is -2.35. The molecular weight excluding hydrogens is 307 g/mol. The maximum absolute atomic E-state index is 12.6. The van der Waals surface area contributed by atoms with Gasteiger partial charge >= 0.3 is 0 Å². The maximum Gasteiger partial charge on any atom is 0.255 e. The van der Waals surface area contributed by atoms with Gasteiger partial charge in [0.05, 0.1) is 10.6 Å². The number of hydrogen-bond donors (Lipinski definition) is 0. The lowest BCUT2D eigenvalue weighted by Gasteiger charge is -2.22. The molecule has 0 atom stereocenters. The van der Waals surface area contributed by atoms with Crippen LogP contribution in [0.15, 0.2) is 18.2 Å². The van der Waals surface area contributed by atoms with Crippen LogP contribution in [-0.2, 0) is 0 Å². The number of nitrogens with zero attached hydrogens (tertiary/aromatic N) is 2. The summed E-state index contributed by atoms with van der Waals surface area (Å²) in [6.07, 6.45) is 3.77. The van der Waals surface area contributed by atoms with Gasteiger partial charge in [0.25, 0.3) is 5.91 Å². The highest BCUT2D eigenvalue weighted by Gasteiger charge is 2.27. The highest BCUT2D eigenvalue weighted by atomic mass is 35.5. The molecule has 1 aliphatic carbocycles. The third-order valence-electron chi connectivity index (χ3n) is 4.25. The van der Waals surface area contributed by atoms with Crippen molar-refractivity contribution in [2.24, 2.45) is 5.92 Å². The molecule has 1 aliphatic heterocycles. The Balaban J connectivity index is 1.65. The van der Waals surface area contributed by atoms with Gasteiger partial charge in [-0.25, -0.2) is 0 Å². The van der Waals surface area contributed by atoms with E-state index < -0.39 is 0 Å². The third-order valence-corrected chi connectivity index (χ3v) is 4.81. The zero-order valence-electron chi connectivity index (χ0n) is 12.0. The molecule has 114 valence electrons. The number of carbonyl (C=O) groups excluding carboxylic acids is 1. The molecule has 1 aromatic carbocycles. The van der Waals surface area contributed by atoms with Crippen molar-refractivity contribution in [3.05, 3.63) is 33.8 Å². The minimum atomic E-state index is -0.00391. The van der Waals surface area contributed by atoms with Crippen LogP contribution >= 0.6 is 23.2 Å². The quantitative estimate of drug-likeness (QED) is 0.848. The fraction of sp³-hybridized carbons (Fsp3) is 0.562. The number of rotatable bonds is 3. The molecule has 0 aromatic heterocycles. The predicted octanol–water partition coefficient (Wildman–Crippen LogP) is 3.55. The van der Waals surface area contributed by atoms with Gasteiger partial charge in [0.15, 0.2) is 0 Å². The Labute approximate surface area is 135 Å². The minimum Gasteiger partial charge on any atom is -0.337 e. The Morgan fingerprint density at radius 1 is 1.14 bits per heavy atom. The Kier molecular flexibility index (Phi) is 4.72. The molecule has 1 amide bonds. The number of halogens is 2. The first-order valence-corrected chi connectivity index (χ1v) is 8.36. The highest BCUT2D eigenvalue weighted by Crippen LogP contribution is 2.30. The van der Waals surface area contributed by atoms with Crippen molar-refractivity contribution in [3.63, 3.8) is 0 Å². The molecule has 1 heterocycles. The topological polar surface area (TPSA) is 23.6 Å². The molecule has 2 fully saturated rings. The zero-order valence-corrected chi connectivity index (χ0v) is 13.5. The molecule has 0 spiro atoms. The largest absolute Gasteiger partial charge is 0.337 e. The molecule has 1 saturated carbocycles. The molecule has 2 aliphatic rings. The lowest BCUT2D eigenvalue weighted by atomic mass is 10.2. The summed E-state index contributed by atoms with van der Waals surface area (Å²) in [5, 5.41) is 1.02. The van der Waals surface area contributed by atoms with Crippen LogP contribution in [0.5, 0.6) is 0 Å². The van der Waals surface area contributed by atoms with E-state index in [1.54, 1.807) is 18.2 Å². The zero-order chi connectivity index (χ0) is 14.8. The van der Waals surface area contributed by atoms with Gasteiger partial charge in [0.1, 0.15) is 0 Å². The first kappa shape index (κ1) is 15.1. The molecule has 3 nitrogen and oxygen atoms in total. The van der Waals surface area contributed by atoms with E-state index in [0.29, 0.717) is 15.6 Å². The van der Waals surface area contributed by atoms with Gasteiger partial charge in [0.2, 0.25) is 0 Å². The van der Waals surface area contributed by atoms with Crippen molar-refractivity contribution in [1.82, 2.24) is 9.80 Å². The SMILES string of the molecule is O=C(c1cc(Cl)ccc1Cl)N1CCCN(CC2CC2)CC1. The van der Waals surface area contributed by atoms with Crippen molar-refractivity contribution in [1.29, 1.82) is 0 Å². The van der Waals surface area contributed by atoms with Gasteiger partial charge in [-0.05, 0) is 49.9 Å². The average molecular weight is 327 g/mol. The summed E-state index contributed by atoms with van der Waals surface area (Å²) in [6.45, 7) is 4.81. The summed E-state index contributed by atoms with van der Waals surface area (Å²) >= 11 is 12.1. The van der Waals surface area contributed by atoms with E-state index in [1.165, 1.54) is 19.4 Å². The standard InChI is InChI=1S/C16H20Cl2N2O/c17-13-4-5-15(18)14(10-13)16(21)20-7-1-6-19(8-9-20)11-12-2-3-12/h4-5,10,12H,1-3,6-9,11H2. The molecule has 0 unspecified atom stereocenters. The Hall–Kier alpha value is -0.770. The van der Waals surface area contributed by atoms with Gasteiger partial charge in [0, 0.05) is 31.2 Å². The van der Waals surface area contributed by atoms with Crippen molar-refractivity contribution in [3.8, 4) is 0 Å². The molecular formula is C16H20Cl2N2O. The molecule has 1 saturated heterocycles. The molecule has 3 rings (SSSR count). The normalized spacial score (nSPS) is 20.4. The predicted molar refractivity (Wildman–Crippen MR) is 86.1 cm³/mol. The van der Waals surface area contributed by atoms with Crippen molar-refractivity contribution in [2.45, 2.75) is 19.3 Å². The molecule has 0 radical (unpaired) electrons. The van der Waals surface area contributed by atoms with Crippen LogP contribution in [0.2, 0.25) is 10.0 Å². The summed E-state index contributed by atoms with van der Waals surface area (Å²) in [5.74, 6) is 0.894. The van der Waals surface area contributed by atoms with E-state index in [2.05, 4.69) is 4.90 Å². The fourth-order valence-corrected chi connectivity index (χ4v) is 3.22. The number of benzene rings is 1. The van der Waals surface area contributed by atoms with E-state index in [9.17, 15) is 4.79 Å². The summed E-state index contributed by atoms with van der Waals surface area (Å²) < 4.78 is 0. The van der Waals surface area contributed by atoms with E-state index >= 15 is 0 Å². The van der Waals surface area contributed by atoms with Crippen LogP contribution in [0.3, 0.4) is 0 Å². The van der Waals surface area contributed by atoms with Crippen LogP contribution in [0.4, 0.5) is 0 Å². The van der Waals surface area contributed by atoms with Crippen molar-refractivity contribution < 1.29 is 4.79 Å². The maximum atomic E-state index is 12.6. The molecule has 0 bridgehead atoms. The summed E-state index contributed by atoms with van der Waals surface area (Å²) in [4.78, 5) is 17.0. The number of hydrogen-bond acceptors (Lipinski definition) is 2. The first-order valence-electron chi connectivity index (χ1n) is 7.60. The minimum absolute atomic E-state index is 0.00391. The van der Waals surface area contributed by atoms with Gasteiger partial charge in [-0.3, -0.25) is 4.79 Å². The van der Waals surface area contributed by atoms with E-state index in [-0.39, 0.29) is 5.91 Å². The summed E-state index contributed by atoms with van der Waals surface area (Å²) in [5.41, 5.74) is 0.514. The van der Waals surface area contributed by atoms with E-state index in [4.69, 9.17) is 23.2 Å². The van der Waals surface area contributed by atoms with Gasteiger partial charge in [-0.1, -0.05) is 23.2 Å². The lowest BCUT2D eigenvalue weighted by molar-refractivity contribution is 0.0761. The van der Waals surface area contributed by atoms with E-state index in [1.807, 2.05) is 4.90 Å². The fourth-order valence-electron chi connectivity index (χ4n) is 2.85. The molecule has 5 heteroatoms. The molecule has 1 aromatic rings.